The fraction of sp³-hybridized carbons (Fsp3) is 0.444. The smallest absolute Gasteiger partial charge is 0.227 e. The molecule has 0 saturated heterocycles. The highest BCUT2D eigenvalue weighted by Gasteiger charge is 2.23. The molecule has 0 aliphatic rings. The number of aliphatic hydroxyl groups excluding tert-OH is 1. The van der Waals surface area contributed by atoms with Crippen molar-refractivity contribution in [2.45, 2.75) is 46.3 Å². The van der Waals surface area contributed by atoms with Crippen LogP contribution in [0.3, 0.4) is 0 Å². The Hall–Kier alpha value is -2.87. The van der Waals surface area contributed by atoms with Gasteiger partial charge in [0.15, 0.2) is 0 Å². The third-order valence-corrected chi connectivity index (χ3v) is 5.53. The van der Waals surface area contributed by atoms with E-state index in [9.17, 15) is 5.11 Å². The van der Waals surface area contributed by atoms with Crippen LogP contribution < -0.4 is 9.47 Å². The third-order valence-electron chi connectivity index (χ3n) is 5.53. The Balaban J connectivity index is 1.98. The standard InChI is InChI=1S/C27H37N3O4/c1-5-17-29(18-22(31)20-33-7-3)19-25-26(6-2)28-30(21-11-9-8-10-12-21)27(25)34-24-15-13-23(32-4)14-16-24/h8-16,22,31H,5-7,17-20H2,1-4H3/t22-/m1/s1. The number of hydrogen-bond acceptors (Lipinski definition) is 6. The van der Waals surface area contributed by atoms with E-state index >= 15 is 0 Å². The Kier molecular flexibility index (Phi) is 9.94. The van der Waals surface area contributed by atoms with Gasteiger partial charge in [-0.2, -0.15) is 5.10 Å². The number of benzene rings is 2. The van der Waals surface area contributed by atoms with Crippen molar-refractivity contribution in [1.82, 2.24) is 14.7 Å². The first-order valence-electron chi connectivity index (χ1n) is 12.1. The van der Waals surface area contributed by atoms with Crippen LogP contribution in [-0.4, -0.2) is 59.3 Å². The highest BCUT2D eigenvalue weighted by atomic mass is 16.5. The van der Waals surface area contributed by atoms with Gasteiger partial charge in [-0.05, 0) is 62.7 Å². The largest absolute Gasteiger partial charge is 0.497 e. The summed E-state index contributed by atoms with van der Waals surface area (Å²) in [4.78, 5) is 2.25. The number of hydrogen-bond donors (Lipinski definition) is 1. The van der Waals surface area contributed by atoms with E-state index in [-0.39, 0.29) is 0 Å². The van der Waals surface area contributed by atoms with Crippen LogP contribution in [0.25, 0.3) is 5.69 Å². The van der Waals surface area contributed by atoms with Crippen molar-refractivity contribution < 1.29 is 19.3 Å². The minimum absolute atomic E-state index is 0.329. The molecule has 3 rings (SSSR count). The van der Waals surface area contributed by atoms with Crippen LogP contribution in [0.4, 0.5) is 0 Å². The summed E-state index contributed by atoms with van der Waals surface area (Å²) in [7, 11) is 1.65. The monoisotopic (exact) mass is 467 g/mol. The molecule has 7 heteroatoms. The summed E-state index contributed by atoms with van der Waals surface area (Å²) in [6.45, 7) is 9.10. The average molecular weight is 468 g/mol. The number of aromatic nitrogens is 2. The van der Waals surface area contributed by atoms with Crippen LogP contribution in [0.2, 0.25) is 0 Å². The number of para-hydroxylation sites is 1. The number of rotatable bonds is 14. The predicted octanol–water partition coefficient (Wildman–Crippen LogP) is 4.85. The van der Waals surface area contributed by atoms with Crippen LogP contribution in [0.5, 0.6) is 17.4 Å². The maximum atomic E-state index is 10.5. The van der Waals surface area contributed by atoms with Gasteiger partial charge in [0.1, 0.15) is 11.5 Å². The summed E-state index contributed by atoms with van der Waals surface area (Å²) in [6, 6.07) is 17.6. The van der Waals surface area contributed by atoms with Crippen molar-refractivity contribution in [2.75, 3.05) is 33.4 Å². The fourth-order valence-corrected chi connectivity index (χ4v) is 3.90. The van der Waals surface area contributed by atoms with Crippen molar-refractivity contribution in [3.63, 3.8) is 0 Å². The number of methoxy groups -OCH3 is 1. The van der Waals surface area contributed by atoms with Gasteiger partial charge in [-0.15, -0.1) is 0 Å². The minimum atomic E-state index is -0.549. The molecule has 0 aliphatic carbocycles. The van der Waals surface area contributed by atoms with Crippen molar-refractivity contribution in [1.29, 1.82) is 0 Å². The van der Waals surface area contributed by atoms with Gasteiger partial charge < -0.3 is 19.3 Å². The van der Waals surface area contributed by atoms with Gasteiger partial charge in [-0.1, -0.05) is 32.0 Å². The molecule has 0 unspecified atom stereocenters. The lowest BCUT2D eigenvalue weighted by atomic mass is 10.1. The number of nitrogens with zero attached hydrogens (tertiary/aromatic N) is 3. The van der Waals surface area contributed by atoms with E-state index in [4.69, 9.17) is 19.3 Å². The molecule has 0 amide bonds. The molecular weight excluding hydrogens is 430 g/mol. The SMILES string of the molecule is CCCN(Cc1c(CC)nn(-c2ccccc2)c1Oc1ccc(OC)cc1)C[C@@H](O)COCC. The second kappa shape index (κ2) is 13.1. The molecule has 0 fully saturated rings. The normalized spacial score (nSPS) is 12.2. The first-order valence-corrected chi connectivity index (χ1v) is 12.1. The molecule has 0 spiro atoms. The van der Waals surface area contributed by atoms with Crippen molar-refractivity contribution in [3.05, 3.63) is 65.9 Å². The van der Waals surface area contributed by atoms with Crippen LogP contribution in [0.1, 0.15) is 38.4 Å². The number of aryl methyl sites for hydroxylation is 1. The zero-order chi connectivity index (χ0) is 24.3. The topological polar surface area (TPSA) is 69.0 Å². The van der Waals surface area contributed by atoms with Gasteiger partial charge in [0.05, 0.1) is 36.8 Å². The summed E-state index contributed by atoms with van der Waals surface area (Å²) >= 11 is 0. The van der Waals surface area contributed by atoms with Gasteiger partial charge in [0.25, 0.3) is 0 Å². The Morgan fingerprint density at radius 2 is 1.71 bits per heavy atom. The lowest BCUT2D eigenvalue weighted by Crippen LogP contribution is -2.35. The van der Waals surface area contributed by atoms with Gasteiger partial charge >= 0.3 is 0 Å². The highest BCUT2D eigenvalue weighted by molar-refractivity contribution is 5.44. The molecule has 184 valence electrons. The Labute approximate surface area is 202 Å². The Morgan fingerprint density at radius 1 is 1.00 bits per heavy atom. The summed E-state index contributed by atoms with van der Waals surface area (Å²) < 4.78 is 19.0. The molecule has 1 aromatic heterocycles. The lowest BCUT2D eigenvalue weighted by Gasteiger charge is -2.25. The second-order valence-electron chi connectivity index (χ2n) is 8.16. The lowest BCUT2D eigenvalue weighted by molar-refractivity contribution is 0.0194. The molecule has 0 aliphatic heterocycles. The quantitative estimate of drug-likeness (QED) is 0.366. The van der Waals surface area contributed by atoms with E-state index < -0.39 is 6.10 Å². The van der Waals surface area contributed by atoms with Gasteiger partial charge in [-0.25, -0.2) is 4.68 Å². The second-order valence-corrected chi connectivity index (χ2v) is 8.16. The molecule has 2 aromatic carbocycles. The van der Waals surface area contributed by atoms with Crippen LogP contribution in [-0.2, 0) is 17.7 Å². The molecule has 0 radical (unpaired) electrons. The summed E-state index contributed by atoms with van der Waals surface area (Å²) in [5.41, 5.74) is 2.94. The maximum absolute atomic E-state index is 10.5. The third kappa shape index (κ3) is 6.82. The van der Waals surface area contributed by atoms with E-state index in [1.165, 1.54) is 0 Å². The van der Waals surface area contributed by atoms with E-state index in [0.29, 0.717) is 37.9 Å². The first kappa shape index (κ1) is 25.7. The summed E-state index contributed by atoms with van der Waals surface area (Å²) in [5.74, 6) is 2.17. The highest BCUT2D eigenvalue weighted by Crippen LogP contribution is 2.33. The predicted molar refractivity (Wildman–Crippen MR) is 134 cm³/mol. The zero-order valence-corrected chi connectivity index (χ0v) is 20.7. The molecule has 34 heavy (non-hydrogen) atoms. The molecule has 0 bridgehead atoms. The van der Waals surface area contributed by atoms with E-state index in [2.05, 4.69) is 18.7 Å². The Bertz CT molecular complexity index is 989. The van der Waals surface area contributed by atoms with Gasteiger partial charge in [0, 0.05) is 19.7 Å². The van der Waals surface area contributed by atoms with Crippen LogP contribution in [0, 0.1) is 0 Å². The van der Waals surface area contributed by atoms with Crippen molar-refractivity contribution >= 4 is 0 Å². The van der Waals surface area contributed by atoms with Crippen LogP contribution in [0.15, 0.2) is 54.6 Å². The molecular formula is C27H37N3O4. The summed E-state index contributed by atoms with van der Waals surface area (Å²) in [6.07, 6.45) is 1.20. The van der Waals surface area contributed by atoms with Gasteiger partial charge in [0.2, 0.25) is 5.88 Å². The molecule has 1 N–H and O–H groups in total. The van der Waals surface area contributed by atoms with E-state index in [1.807, 2.05) is 66.2 Å². The molecule has 3 aromatic rings. The van der Waals surface area contributed by atoms with Crippen molar-refractivity contribution in [3.8, 4) is 23.1 Å². The average Bonchev–Trinajstić information content (AvgIpc) is 3.20. The van der Waals surface area contributed by atoms with Gasteiger partial charge in [-0.3, -0.25) is 4.90 Å². The fourth-order valence-electron chi connectivity index (χ4n) is 3.90. The first-order chi connectivity index (χ1) is 16.6. The zero-order valence-electron chi connectivity index (χ0n) is 20.7. The van der Waals surface area contributed by atoms with Crippen molar-refractivity contribution in [2.24, 2.45) is 0 Å². The minimum Gasteiger partial charge on any atom is -0.497 e. The molecule has 1 heterocycles. The molecule has 7 nitrogen and oxygen atoms in total. The van der Waals surface area contributed by atoms with E-state index in [1.54, 1.807) is 7.11 Å². The number of aliphatic hydroxyl groups is 1. The molecule has 1 atom stereocenters. The Morgan fingerprint density at radius 3 is 2.32 bits per heavy atom. The summed E-state index contributed by atoms with van der Waals surface area (Å²) in [5, 5.41) is 15.4. The van der Waals surface area contributed by atoms with E-state index in [0.717, 1.165) is 42.1 Å². The maximum Gasteiger partial charge on any atom is 0.227 e. The number of ether oxygens (including phenoxy) is 3. The van der Waals surface area contributed by atoms with Crippen LogP contribution >= 0.6 is 0 Å². The molecule has 0 saturated carbocycles.